The summed E-state index contributed by atoms with van der Waals surface area (Å²) in [6.45, 7) is 8.28. The lowest BCUT2D eigenvalue weighted by molar-refractivity contribution is 0.0695. The van der Waals surface area contributed by atoms with Crippen molar-refractivity contribution in [3.05, 3.63) is 29.3 Å². The minimum absolute atomic E-state index is 0.0413. The van der Waals surface area contributed by atoms with Gasteiger partial charge in [-0.15, -0.1) is 0 Å². The average Bonchev–Trinajstić information content (AvgIpc) is 2.43. The molecule has 6 heteroatoms. The Morgan fingerprint density at radius 3 is 2.33 bits per heavy atom. The molecular weight excluding hydrogens is 290 g/mol. The molecule has 1 aromatic rings. The normalized spacial score (nSPS) is 12.1. The maximum atomic E-state index is 12.6. The predicted molar refractivity (Wildman–Crippen MR) is 82.1 cm³/mol. The van der Waals surface area contributed by atoms with E-state index in [2.05, 4.69) is 0 Å². The van der Waals surface area contributed by atoms with E-state index >= 15 is 0 Å². The molecule has 0 unspecified atom stereocenters. The summed E-state index contributed by atoms with van der Waals surface area (Å²) in [7, 11) is -3.66. The van der Waals surface area contributed by atoms with Gasteiger partial charge in [0.2, 0.25) is 10.0 Å². The van der Waals surface area contributed by atoms with Gasteiger partial charge in [0.05, 0.1) is 10.5 Å². The van der Waals surface area contributed by atoms with E-state index in [1.807, 2.05) is 20.8 Å². The van der Waals surface area contributed by atoms with E-state index in [4.69, 9.17) is 0 Å². The zero-order valence-electron chi connectivity index (χ0n) is 13.0. The first-order valence-electron chi connectivity index (χ1n) is 7.10. The molecule has 0 amide bonds. The highest BCUT2D eigenvalue weighted by Crippen LogP contribution is 2.21. The van der Waals surface area contributed by atoms with E-state index in [0.29, 0.717) is 25.1 Å². The summed E-state index contributed by atoms with van der Waals surface area (Å²) in [4.78, 5) is 11.3. The van der Waals surface area contributed by atoms with Gasteiger partial charge in [0, 0.05) is 13.1 Å². The molecule has 0 aliphatic rings. The maximum absolute atomic E-state index is 12.6. The fourth-order valence-electron chi connectivity index (χ4n) is 2.18. The van der Waals surface area contributed by atoms with Crippen molar-refractivity contribution in [1.29, 1.82) is 0 Å². The molecule has 118 valence electrons. The van der Waals surface area contributed by atoms with Crippen molar-refractivity contribution >= 4 is 16.0 Å². The van der Waals surface area contributed by atoms with Crippen LogP contribution in [0.1, 0.15) is 43.6 Å². The van der Waals surface area contributed by atoms with Crippen molar-refractivity contribution < 1.29 is 18.3 Å². The Labute approximate surface area is 126 Å². The predicted octanol–water partition coefficient (Wildman–Crippen LogP) is 2.61. The molecule has 5 nitrogen and oxygen atoms in total. The first-order valence-corrected chi connectivity index (χ1v) is 8.54. The molecule has 0 radical (unpaired) electrons. The van der Waals surface area contributed by atoms with Crippen LogP contribution in [-0.4, -0.2) is 36.9 Å². The second-order valence-electron chi connectivity index (χ2n) is 5.33. The van der Waals surface area contributed by atoms with Gasteiger partial charge in [0.25, 0.3) is 0 Å². The molecule has 0 atom stereocenters. The molecule has 0 spiro atoms. The van der Waals surface area contributed by atoms with Gasteiger partial charge in [-0.1, -0.05) is 33.8 Å². The molecule has 0 fully saturated rings. The van der Waals surface area contributed by atoms with Gasteiger partial charge in [-0.05, 0) is 30.0 Å². The van der Waals surface area contributed by atoms with Crippen LogP contribution in [0.4, 0.5) is 0 Å². The Balaban J connectivity index is 3.31. The average molecular weight is 313 g/mol. The fraction of sp³-hybridized carbons (Fsp3) is 0.533. The van der Waals surface area contributed by atoms with Gasteiger partial charge in [0.15, 0.2) is 0 Å². The first-order chi connectivity index (χ1) is 9.73. The molecule has 0 heterocycles. The van der Waals surface area contributed by atoms with E-state index in [9.17, 15) is 18.3 Å². The molecule has 0 aromatic heterocycles. The molecule has 1 rings (SSSR count). The number of hydrogen-bond acceptors (Lipinski definition) is 3. The SMILES string of the molecule is CCc1ccc(S(=O)(=O)N(CC)CC(C)C)cc1C(=O)O. The number of sulfonamides is 1. The van der Waals surface area contributed by atoms with Crippen molar-refractivity contribution in [1.82, 2.24) is 4.31 Å². The number of aryl methyl sites for hydroxylation is 1. The smallest absolute Gasteiger partial charge is 0.336 e. The Hall–Kier alpha value is -1.40. The Morgan fingerprint density at radius 1 is 1.29 bits per heavy atom. The Kier molecular flexibility index (Phi) is 5.92. The molecule has 0 aliphatic carbocycles. The Bertz CT molecular complexity index is 608. The van der Waals surface area contributed by atoms with Crippen LogP contribution in [0.5, 0.6) is 0 Å². The molecule has 1 aromatic carbocycles. The van der Waals surface area contributed by atoms with Crippen molar-refractivity contribution in [2.75, 3.05) is 13.1 Å². The van der Waals surface area contributed by atoms with Crippen molar-refractivity contribution in [3.63, 3.8) is 0 Å². The molecule has 0 bridgehead atoms. The largest absolute Gasteiger partial charge is 0.478 e. The lowest BCUT2D eigenvalue weighted by Gasteiger charge is -2.22. The number of carboxylic acids is 1. The third kappa shape index (κ3) is 4.04. The quantitative estimate of drug-likeness (QED) is 0.839. The second-order valence-corrected chi connectivity index (χ2v) is 7.27. The van der Waals surface area contributed by atoms with Crippen LogP contribution in [0, 0.1) is 5.92 Å². The van der Waals surface area contributed by atoms with Crippen molar-refractivity contribution in [2.45, 2.75) is 39.0 Å². The van der Waals surface area contributed by atoms with Gasteiger partial charge in [-0.2, -0.15) is 4.31 Å². The van der Waals surface area contributed by atoms with E-state index in [-0.39, 0.29) is 16.4 Å². The third-order valence-corrected chi connectivity index (χ3v) is 5.19. The molecule has 0 saturated heterocycles. The number of rotatable bonds is 7. The van der Waals surface area contributed by atoms with Crippen LogP contribution >= 0.6 is 0 Å². The van der Waals surface area contributed by atoms with E-state index < -0.39 is 16.0 Å². The topological polar surface area (TPSA) is 74.7 Å². The van der Waals surface area contributed by atoms with Crippen molar-refractivity contribution in [2.24, 2.45) is 5.92 Å². The standard InChI is InChI=1S/C15H23NO4S/c1-5-12-7-8-13(9-14(12)15(17)18)21(19,20)16(6-2)10-11(3)4/h7-9,11H,5-6,10H2,1-4H3,(H,17,18). The highest BCUT2D eigenvalue weighted by Gasteiger charge is 2.25. The zero-order valence-corrected chi connectivity index (χ0v) is 13.8. The minimum Gasteiger partial charge on any atom is -0.478 e. The van der Waals surface area contributed by atoms with Gasteiger partial charge in [-0.3, -0.25) is 0 Å². The lowest BCUT2D eigenvalue weighted by atomic mass is 10.1. The Morgan fingerprint density at radius 2 is 1.90 bits per heavy atom. The summed E-state index contributed by atoms with van der Waals surface area (Å²) in [5.41, 5.74) is 0.688. The van der Waals surface area contributed by atoms with Crippen molar-refractivity contribution in [3.8, 4) is 0 Å². The third-order valence-electron chi connectivity index (χ3n) is 3.25. The van der Waals surface area contributed by atoms with Crippen LogP contribution in [-0.2, 0) is 16.4 Å². The second kappa shape index (κ2) is 7.04. The molecule has 21 heavy (non-hydrogen) atoms. The molecule has 0 aliphatic heterocycles. The highest BCUT2D eigenvalue weighted by molar-refractivity contribution is 7.89. The number of nitrogens with zero attached hydrogens (tertiary/aromatic N) is 1. The summed E-state index contributed by atoms with van der Waals surface area (Å²) in [6.07, 6.45) is 0.547. The van der Waals surface area contributed by atoms with Crippen LogP contribution in [0.15, 0.2) is 23.1 Å². The number of hydrogen-bond donors (Lipinski definition) is 1. The molecule has 0 saturated carbocycles. The van der Waals surface area contributed by atoms with Gasteiger partial charge < -0.3 is 5.11 Å². The zero-order chi connectivity index (χ0) is 16.2. The van der Waals surface area contributed by atoms with Crippen LogP contribution in [0.3, 0.4) is 0 Å². The first kappa shape index (κ1) is 17.7. The molecular formula is C15H23NO4S. The summed E-state index contributed by atoms with van der Waals surface area (Å²) in [6, 6.07) is 4.34. The summed E-state index contributed by atoms with van der Waals surface area (Å²) < 4.78 is 26.6. The monoisotopic (exact) mass is 313 g/mol. The van der Waals surface area contributed by atoms with Crippen LogP contribution < -0.4 is 0 Å². The number of aromatic carboxylic acids is 1. The maximum Gasteiger partial charge on any atom is 0.336 e. The van der Waals surface area contributed by atoms with Crippen LogP contribution in [0.25, 0.3) is 0 Å². The van der Waals surface area contributed by atoms with E-state index in [1.165, 1.54) is 16.4 Å². The minimum atomic E-state index is -3.66. The van der Waals surface area contributed by atoms with E-state index in [0.717, 1.165) is 0 Å². The van der Waals surface area contributed by atoms with E-state index in [1.54, 1.807) is 13.0 Å². The lowest BCUT2D eigenvalue weighted by Crippen LogP contribution is -2.34. The van der Waals surface area contributed by atoms with Gasteiger partial charge >= 0.3 is 5.97 Å². The van der Waals surface area contributed by atoms with Gasteiger partial charge in [0.1, 0.15) is 0 Å². The highest BCUT2D eigenvalue weighted by atomic mass is 32.2. The van der Waals surface area contributed by atoms with Crippen LogP contribution in [0.2, 0.25) is 0 Å². The number of carbonyl (C=O) groups is 1. The van der Waals surface area contributed by atoms with Gasteiger partial charge in [-0.25, -0.2) is 13.2 Å². The fourth-order valence-corrected chi connectivity index (χ4v) is 3.82. The molecule has 1 N–H and O–H groups in total. The summed E-state index contributed by atoms with van der Waals surface area (Å²) >= 11 is 0. The summed E-state index contributed by atoms with van der Waals surface area (Å²) in [5, 5.41) is 9.22. The summed E-state index contributed by atoms with van der Waals surface area (Å²) in [5.74, 6) is -0.899. The number of carboxylic acid groups (broad SMARTS) is 1. The number of benzene rings is 1.